The van der Waals surface area contributed by atoms with Gasteiger partial charge in [0.25, 0.3) is 0 Å². The van der Waals surface area contributed by atoms with Gasteiger partial charge in [-0.3, -0.25) is 4.68 Å². The van der Waals surface area contributed by atoms with Crippen molar-refractivity contribution in [1.82, 2.24) is 14.8 Å². The number of halogens is 1. The summed E-state index contributed by atoms with van der Waals surface area (Å²) in [5, 5.41) is 8.07. The minimum Gasteiger partial charge on any atom is -0.397 e. The van der Waals surface area contributed by atoms with Crippen molar-refractivity contribution < 1.29 is 0 Å². The Hall–Kier alpha value is -1.75. The number of nitrogens with one attached hydrogen (secondary N) is 1. The maximum atomic E-state index is 5.89. The average molecular weight is 252 g/mol. The van der Waals surface area contributed by atoms with Gasteiger partial charge in [0.1, 0.15) is 6.33 Å². The van der Waals surface area contributed by atoms with Gasteiger partial charge in [-0.1, -0.05) is 11.6 Å². The van der Waals surface area contributed by atoms with E-state index in [2.05, 4.69) is 15.4 Å². The molecule has 1 aromatic heterocycles. The fourth-order valence-electron chi connectivity index (χ4n) is 1.49. The maximum Gasteiger partial charge on any atom is 0.152 e. The minimum absolute atomic E-state index is 0.665. The van der Waals surface area contributed by atoms with E-state index in [0.29, 0.717) is 17.3 Å². The van der Waals surface area contributed by atoms with Crippen LogP contribution in [0.2, 0.25) is 5.02 Å². The summed E-state index contributed by atoms with van der Waals surface area (Å²) in [4.78, 5) is 4.14. The van der Waals surface area contributed by atoms with E-state index >= 15 is 0 Å². The summed E-state index contributed by atoms with van der Waals surface area (Å²) >= 11 is 5.89. The van der Waals surface area contributed by atoms with Crippen LogP contribution in [0.15, 0.2) is 24.5 Å². The lowest BCUT2D eigenvalue weighted by molar-refractivity contribution is 0.742. The predicted molar refractivity (Wildman–Crippen MR) is 69.1 cm³/mol. The molecule has 0 aliphatic heterocycles. The standard InChI is InChI=1S/C11H14ClN5/c1-17-7-15-11(16-17)4-5-14-10-6-8(12)2-3-9(10)13/h2-3,6-7,14H,4-5,13H2,1H3. The number of hydrogen-bond donors (Lipinski definition) is 2. The number of nitrogens with zero attached hydrogens (tertiary/aromatic N) is 3. The third-order valence-corrected chi connectivity index (χ3v) is 2.56. The van der Waals surface area contributed by atoms with Gasteiger partial charge in [0.2, 0.25) is 0 Å². The molecule has 17 heavy (non-hydrogen) atoms. The monoisotopic (exact) mass is 251 g/mol. The van der Waals surface area contributed by atoms with Gasteiger partial charge >= 0.3 is 0 Å². The lowest BCUT2D eigenvalue weighted by Crippen LogP contribution is -2.08. The lowest BCUT2D eigenvalue weighted by Gasteiger charge is -2.08. The normalized spacial score (nSPS) is 10.5. The highest BCUT2D eigenvalue weighted by Gasteiger charge is 2.01. The second-order valence-electron chi connectivity index (χ2n) is 3.74. The number of benzene rings is 1. The number of nitrogens with two attached hydrogens (primary N) is 1. The molecule has 0 saturated heterocycles. The van der Waals surface area contributed by atoms with E-state index < -0.39 is 0 Å². The Balaban J connectivity index is 1.91. The quantitative estimate of drug-likeness (QED) is 0.812. The summed E-state index contributed by atoms with van der Waals surface area (Å²) in [6.45, 7) is 0.717. The van der Waals surface area contributed by atoms with Gasteiger partial charge in [0.15, 0.2) is 5.82 Å². The van der Waals surface area contributed by atoms with Crippen molar-refractivity contribution in [3.8, 4) is 0 Å². The molecule has 2 aromatic rings. The number of anilines is 2. The number of aryl methyl sites for hydroxylation is 1. The molecule has 0 unspecified atom stereocenters. The summed E-state index contributed by atoms with van der Waals surface area (Å²) < 4.78 is 1.68. The smallest absolute Gasteiger partial charge is 0.152 e. The van der Waals surface area contributed by atoms with E-state index in [1.54, 1.807) is 23.1 Å². The van der Waals surface area contributed by atoms with Gasteiger partial charge < -0.3 is 11.1 Å². The Morgan fingerprint density at radius 1 is 1.47 bits per heavy atom. The molecule has 0 spiro atoms. The van der Waals surface area contributed by atoms with Crippen LogP contribution in [0, 0.1) is 0 Å². The van der Waals surface area contributed by atoms with Crippen LogP contribution in [-0.2, 0) is 13.5 Å². The molecule has 0 amide bonds. The Morgan fingerprint density at radius 3 is 3.00 bits per heavy atom. The minimum atomic E-state index is 0.665. The highest BCUT2D eigenvalue weighted by Crippen LogP contribution is 2.22. The summed E-state index contributed by atoms with van der Waals surface area (Å²) in [6, 6.07) is 5.36. The van der Waals surface area contributed by atoms with Crippen LogP contribution in [0.1, 0.15) is 5.82 Å². The third-order valence-electron chi connectivity index (χ3n) is 2.33. The molecule has 0 fully saturated rings. The second kappa shape index (κ2) is 5.05. The zero-order valence-electron chi connectivity index (χ0n) is 9.52. The van der Waals surface area contributed by atoms with Crippen molar-refractivity contribution >= 4 is 23.0 Å². The van der Waals surface area contributed by atoms with Crippen molar-refractivity contribution in [3.63, 3.8) is 0 Å². The molecular formula is C11H14ClN5. The predicted octanol–water partition coefficient (Wildman–Crippen LogP) is 1.71. The van der Waals surface area contributed by atoms with E-state index in [9.17, 15) is 0 Å². The molecule has 0 aliphatic rings. The molecule has 0 bridgehead atoms. The molecular weight excluding hydrogens is 238 g/mol. The molecule has 90 valence electrons. The Labute approximate surface area is 105 Å². The van der Waals surface area contributed by atoms with Crippen molar-refractivity contribution in [2.75, 3.05) is 17.6 Å². The Bertz CT molecular complexity index is 508. The van der Waals surface area contributed by atoms with Crippen LogP contribution < -0.4 is 11.1 Å². The molecule has 0 radical (unpaired) electrons. The van der Waals surface area contributed by atoms with E-state index in [-0.39, 0.29) is 0 Å². The van der Waals surface area contributed by atoms with Crippen molar-refractivity contribution in [2.24, 2.45) is 7.05 Å². The zero-order chi connectivity index (χ0) is 12.3. The Morgan fingerprint density at radius 2 is 2.29 bits per heavy atom. The van der Waals surface area contributed by atoms with Crippen LogP contribution in [0.25, 0.3) is 0 Å². The van der Waals surface area contributed by atoms with E-state index in [4.69, 9.17) is 17.3 Å². The van der Waals surface area contributed by atoms with Crippen molar-refractivity contribution in [3.05, 3.63) is 35.4 Å². The van der Waals surface area contributed by atoms with Crippen LogP contribution in [-0.4, -0.2) is 21.3 Å². The average Bonchev–Trinajstić information content (AvgIpc) is 2.69. The molecule has 2 rings (SSSR count). The number of aromatic nitrogens is 3. The van der Waals surface area contributed by atoms with Crippen LogP contribution >= 0.6 is 11.6 Å². The van der Waals surface area contributed by atoms with Crippen molar-refractivity contribution in [2.45, 2.75) is 6.42 Å². The van der Waals surface area contributed by atoms with E-state index in [1.807, 2.05) is 13.1 Å². The summed E-state index contributed by atoms with van der Waals surface area (Å²) in [5.74, 6) is 0.806. The van der Waals surface area contributed by atoms with E-state index in [0.717, 1.165) is 17.9 Å². The van der Waals surface area contributed by atoms with Gasteiger partial charge in [-0.25, -0.2) is 4.98 Å². The molecule has 0 atom stereocenters. The van der Waals surface area contributed by atoms with Gasteiger partial charge in [-0.05, 0) is 18.2 Å². The Kier molecular flexibility index (Phi) is 3.49. The van der Waals surface area contributed by atoms with E-state index in [1.165, 1.54) is 0 Å². The second-order valence-corrected chi connectivity index (χ2v) is 4.18. The SMILES string of the molecule is Cn1cnc(CCNc2cc(Cl)ccc2N)n1. The summed E-state index contributed by atoms with van der Waals surface area (Å²) in [5.41, 5.74) is 7.34. The molecule has 6 heteroatoms. The van der Waals surface area contributed by atoms with Gasteiger partial charge in [-0.15, -0.1) is 0 Å². The molecule has 0 aliphatic carbocycles. The molecule has 1 heterocycles. The number of nitrogen functional groups attached to an aromatic ring is 1. The topological polar surface area (TPSA) is 68.8 Å². The molecule has 3 N–H and O–H groups in total. The van der Waals surface area contributed by atoms with Crippen LogP contribution in [0.4, 0.5) is 11.4 Å². The fourth-order valence-corrected chi connectivity index (χ4v) is 1.66. The van der Waals surface area contributed by atoms with Crippen LogP contribution in [0.3, 0.4) is 0 Å². The maximum absolute atomic E-state index is 5.89. The summed E-state index contributed by atoms with van der Waals surface area (Å²) in [7, 11) is 1.85. The zero-order valence-corrected chi connectivity index (χ0v) is 10.3. The molecule has 0 saturated carbocycles. The molecule has 1 aromatic carbocycles. The summed E-state index contributed by atoms with van der Waals surface area (Å²) in [6.07, 6.45) is 2.43. The van der Waals surface area contributed by atoms with Crippen LogP contribution in [0.5, 0.6) is 0 Å². The lowest BCUT2D eigenvalue weighted by atomic mass is 10.2. The van der Waals surface area contributed by atoms with Gasteiger partial charge in [0, 0.05) is 25.0 Å². The first-order valence-electron chi connectivity index (χ1n) is 5.28. The van der Waals surface area contributed by atoms with Gasteiger partial charge in [0.05, 0.1) is 11.4 Å². The third kappa shape index (κ3) is 3.10. The highest BCUT2D eigenvalue weighted by molar-refractivity contribution is 6.31. The van der Waals surface area contributed by atoms with Gasteiger partial charge in [-0.2, -0.15) is 5.10 Å². The first-order valence-corrected chi connectivity index (χ1v) is 5.66. The first kappa shape index (κ1) is 11.7. The first-order chi connectivity index (χ1) is 8.15. The fraction of sp³-hybridized carbons (Fsp3) is 0.273. The number of rotatable bonds is 4. The highest BCUT2D eigenvalue weighted by atomic mass is 35.5. The molecule has 5 nitrogen and oxygen atoms in total. The number of hydrogen-bond acceptors (Lipinski definition) is 4. The largest absolute Gasteiger partial charge is 0.397 e. The van der Waals surface area contributed by atoms with Crippen molar-refractivity contribution in [1.29, 1.82) is 0 Å².